The lowest BCUT2D eigenvalue weighted by atomic mass is 10.1. The second-order valence-corrected chi connectivity index (χ2v) is 3.08. The predicted molar refractivity (Wildman–Crippen MR) is 53.1 cm³/mol. The molecule has 78 valence electrons. The highest BCUT2D eigenvalue weighted by atomic mass is 16.5. The average molecular weight is 207 g/mol. The van der Waals surface area contributed by atoms with Gasteiger partial charge in [0.1, 0.15) is 5.39 Å². The van der Waals surface area contributed by atoms with Gasteiger partial charge in [-0.25, -0.2) is 14.3 Å². The maximum absolute atomic E-state index is 11.4. The number of hydrogen-bond acceptors (Lipinski definition) is 3. The molecule has 0 aliphatic heterocycles. The molecule has 0 amide bonds. The van der Waals surface area contributed by atoms with Gasteiger partial charge in [0.15, 0.2) is 0 Å². The topological polar surface area (TPSA) is 72.4 Å². The zero-order valence-corrected chi connectivity index (χ0v) is 8.06. The van der Waals surface area contributed by atoms with Crippen LogP contribution < -0.4 is 5.63 Å². The summed E-state index contributed by atoms with van der Waals surface area (Å²) < 4.78 is 6.28. The Kier molecular flexibility index (Phi) is 2.07. The first-order valence-corrected chi connectivity index (χ1v) is 4.51. The van der Waals surface area contributed by atoms with Crippen LogP contribution in [0.5, 0.6) is 0 Å². The smallest absolute Gasteiger partial charge is 0.366 e. The molecule has 0 atom stereocenters. The molecule has 0 spiro atoms. The number of aryl methyl sites for hydroxylation is 1. The maximum Gasteiger partial charge on any atom is 0.366 e. The molecule has 0 radical (unpaired) electrons. The van der Waals surface area contributed by atoms with Crippen LogP contribution in [-0.2, 0) is 6.54 Å². The zero-order chi connectivity index (χ0) is 11.0. The monoisotopic (exact) mass is 207 g/mol. The van der Waals surface area contributed by atoms with Crippen molar-refractivity contribution in [2.75, 3.05) is 0 Å². The van der Waals surface area contributed by atoms with Gasteiger partial charge in [0.2, 0.25) is 0 Å². The van der Waals surface area contributed by atoms with E-state index in [-0.39, 0.29) is 10.9 Å². The lowest BCUT2D eigenvalue weighted by Gasteiger charge is -1.97. The third kappa shape index (κ3) is 1.32. The van der Waals surface area contributed by atoms with Crippen LogP contribution in [0.3, 0.4) is 0 Å². The number of hydrogen-bond donors (Lipinski definition) is 1. The van der Waals surface area contributed by atoms with Crippen molar-refractivity contribution in [3.05, 3.63) is 34.2 Å². The Morgan fingerprint density at radius 3 is 2.87 bits per heavy atom. The van der Waals surface area contributed by atoms with Gasteiger partial charge in [-0.15, -0.1) is 0 Å². The fourth-order valence-electron chi connectivity index (χ4n) is 1.57. The van der Waals surface area contributed by atoms with Crippen molar-refractivity contribution in [1.29, 1.82) is 0 Å². The van der Waals surface area contributed by atoms with Crippen LogP contribution in [0, 0.1) is 0 Å². The average Bonchev–Trinajstić information content (AvgIpc) is 2.55. The molecule has 0 unspecified atom stereocenters. The first-order chi connectivity index (χ1) is 7.15. The Bertz CT molecular complexity index is 579. The number of benzene rings is 1. The van der Waals surface area contributed by atoms with E-state index in [2.05, 4.69) is 0 Å². The van der Waals surface area contributed by atoms with Crippen molar-refractivity contribution in [2.45, 2.75) is 13.5 Å². The first kappa shape index (κ1) is 9.51. The van der Waals surface area contributed by atoms with Crippen LogP contribution in [0.1, 0.15) is 17.3 Å². The molecule has 0 aliphatic rings. The van der Waals surface area contributed by atoms with E-state index in [1.165, 1.54) is 10.8 Å². The highest BCUT2D eigenvalue weighted by Crippen LogP contribution is 2.16. The summed E-state index contributed by atoms with van der Waals surface area (Å²) in [5.41, 5.74) is -0.110. The van der Waals surface area contributed by atoms with Gasteiger partial charge in [-0.1, -0.05) is 6.07 Å². The molecule has 1 heterocycles. The molecule has 1 N–H and O–H groups in total. The van der Waals surface area contributed by atoms with E-state index < -0.39 is 11.6 Å². The van der Waals surface area contributed by atoms with Crippen LogP contribution in [0.25, 0.3) is 10.9 Å². The largest absolute Gasteiger partial charge is 0.478 e. The molecule has 0 fully saturated rings. The van der Waals surface area contributed by atoms with Gasteiger partial charge in [-0.3, -0.25) is 0 Å². The molecule has 0 saturated carbocycles. The van der Waals surface area contributed by atoms with Crippen LogP contribution in [0.4, 0.5) is 0 Å². The fourth-order valence-corrected chi connectivity index (χ4v) is 1.57. The van der Waals surface area contributed by atoms with E-state index in [4.69, 9.17) is 9.63 Å². The van der Waals surface area contributed by atoms with Gasteiger partial charge in [0, 0.05) is 0 Å². The number of aromatic nitrogens is 1. The van der Waals surface area contributed by atoms with E-state index in [1.807, 2.05) is 6.92 Å². The minimum absolute atomic E-state index is 0.0200. The van der Waals surface area contributed by atoms with Gasteiger partial charge >= 0.3 is 11.6 Å². The molecule has 0 saturated heterocycles. The van der Waals surface area contributed by atoms with E-state index in [1.54, 1.807) is 12.1 Å². The standard InChI is InChI=1S/C10H9NO4/c1-2-11-7-5-3-4-6(9(12)13)8(7)10(14)15-11/h3-5H,2H2,1H3,(H,12,13). The Morgan fingerprint density at radius 2 is 2.27 bits per heavy atom. The van der Waals surface area contributed by atoms with E-state index in [9.17, 15) is 9.59 Å². The highest BCUT2D eigenvalue weighted by Gasteiger charge is 2.16. The molecule has 15 heavy (non-hydrogen) atoms. The second-order valence-electron chi connectivity index (χ2n) is 3.08. The van der Waals surface area contributed by atoms with Crippen molar-refractivity contribution < 1.29 is 14.4 Å². The van der Waals surface area contributed by atoms with Crippen molar-refractivity contribution in [3.63, 3.8) is 0 Å². The Balaban J connectivity index is 2.92. The number of fused-ring (bicyclic) bond motifs is 1. The molecule has 0 bridgehead atoms. The van der Waals surface area contributed by atoms with Crippen LogP contribution >= 0.6 is 0 Å². The third-order valence-electron chi connectivity index (χ3n) is 2.23. The van der Waals surface area contributed by atoms with E-state index in [0.29, 0.717) is 12.1 Å². The Morgan fingerprint density at radius 1 is 1.53 bits per heavy atom. The zero-order valence-electron chi connectivity index (χ0n) is 8.06. The predicted octanol–water partition coefficient (Wildman–Crippen LogP) is 1.31. The molecule has 0 aliphatic carbocycles. The van der Waals surface area contributed by atoms with Gasteiger partial charge < -0.3 is 9.63 Å². The normalized spacial score (nSPS) is 10.7. The summed E-state index contributed by atoms with van der Waals surface area (Å²) in [5.74, 6) is -1.12. The Hall–Kier alpha value is -2.04. The van der Waals surface area contributed by atoms with Gasteiger partial charge in [0.25, 0.3) is 0 Å². The number of aromatic carboxylic acids is 1. The molecular weight excluding hydrogens is 198 g/mol. The van der Waals surface area contributed by atoms with Gasteiger partial charge in [-0.05, 0) is 19.1 Å². The molecule has 5 heteroatoms. The van der Waals surface area contributed by atoms with Crippen molar-refractivity contribution >= 4 is 16.9 Å². The summed E-state index contributed by atoms with van der Waals surface area (Å²) in [4.78, 5) is 22.3. The summed E-state index contributed by atoms with van der Waals surface area (Å²) in [6.07, 6.45) is 0. The SMILES string of the molecule is CCn1oc(=O)c2c(C(=O)O)cccc21. The lowest BCUT2D eigenvalue weighted by molar-refractivity contribution is 0.0699. The Labute approximate surface area is 84.5 Å². The number of rotatable bonds is 2. The summed E-state index contributed by atoms with van der Waals surface area (Å²) in [6.45, 7) is 2.30. The number of nitrogens with zero attached hydrogens (tertiary/aromatic N) is 1. The highest BCUT2D eigenvalue weighted by molar-refractivity contribution is 6.02. The molecule has 2 aromatic rings. The summed E-state index contributed by atoms with van der Waals surface area (Å²) >= 11 is 0. The first-order valence-electron chi connectivity index (χ1n) is 4.51. The van der Waals surface area contributed by atoms with Crippen LogP contribution in [0.2, 0.25) is 0 Å². The van der Waals surface area contributed by atoms with Crippen molar-refractivity contribution in [1.82, 2.24) is 4.74 Å². The van der Waals surface area contributed by atoms with E-state index >= 15 is 0 Å². The van der Waals surface area contributed by atoms with Crippen LogP contribution in [0.15, 0.2) is 27.5 Å². The van der Waals surface area contributed by atoms with Crippen LogP contribution in [-0.4, -0.2) is 15.8 Å². The quantitative estimate of drug-likeness (QED) is 0.805. The number of carboxylic acid groups (broad SMARTS) is 1. The van der Waals surface area contributed by atoms with E-state index in [0.717, 1.165) is 0 Å². The minimum atomic E-state index is -1.12. The third-order valence-corrected chi connectivity index (χ3v) is 2.23. The molecular formula is C10H9NO4. The summed E-state index contributed by atoms with van der Waals surface area (Å²) in [5, 5.41) is 9.03. The fraction of sp³-hybridized carbons (Fsp3) is 0.200. The lowest BCUT2D eigenvalue weighted by Crippen LogP contribution is -2.02. The van der Waals surface area contributed by atoms with Crippen molar-refractivity contribution in [2.24, 2.45) is 0 Å². The number of carboxylic acids is 1. The second kappa shape index (κ2) is 3.27. The minimum Gasteiger partial charge on any atom is -0.478 e. The number of carbonyl (C=O) groups is 1. The molecule has 5 nitrogen and oxygen atoms in total. The van der Waals surface area contributed by atoms with Gasteiger partial charge in [0.05, 0.1) is 17.6 Å². The molecule has 1 aromatic heterocycles. The molecule has 1 aromatic carbocycles. The summed E-state index contributed by atoms with van der Waals surface area (Å²) in [7, 11) is 0. The van der Waals surface area contributed by atoms with Crippen molar-refractivity contribution in [3.8, 4) is 0 Å². The maximum atomic E-state index is 11.4. The summed E-state index contributed by atoms with van der Waals surface area (Å²) in [6, 6.07) is 4.64. The van der Waals surface area contributed by atoms with Gasteiger partial charge in [-0.2, -0.15) is 0 Å². The molecule has 2 rings (SSSR count).